The Labute approximate surface area is 129 Å². The monoisotopic (exact) mass is 319 g/mol. The SMILES string of the molecule is CC(C)(C)c1cc(N=C=O)n(-c2ccc(S(C)(=O)=O)cc2)n1. The minimum Gasteiger partial charge on any atom is -0.224 e. The van der Waals surface area contributed by atoms with Crippen molar-refractivity contribution >= 4 is 21.7 Å². The minimum atomic E-state index is -3.26. The van der Waals surface area contributed by atoms with E-state index in [0.29, 0.717) is 11.5 Å². The lowest BCUT2D eigenvalue weighted by Gasteiger charge is -2.14. The van der Waals surface area contributed by atoms with Gasteiger partial charge in [0.15, 0.2) is 15.7 Å². The van der Waals surface area contributed by atoms with Gasteiger partial charge in [-0.25, -0.2) is 17.9 Å². The van der Waals surface area contributed by atoms with Gasteiger partial charge in [0.2, 0.25) is 6.08 Å². The van der Waals surface area contributed by atoms with E-state index in [4.69, 9.17) is 0 Å². The summed E-state index contributed by atoms with van der Waals surface area (Å²) < 4.78 is 24.5. The topological polar surface area (TPSA) is 81.4 Å². The number of hydrogen-bond acceptors (Lipinski definition) is 5. The zero-order chi connectivity index (χ0) is 16.5. The van der Waals surface area contributed by atoms with E-state index in [2.05, 4.69) is 10.1 Å². The maximum absolute atomic E-state index is 11.5. The molecule has 2 rings (SSSR count). The molecule has 7 heteroatoms. The molecule has 22 heavy (non-hydrogen) atoms. The highest BCUT2D eigenvalue weighted by molar-refractivity contribution is 7.90. The number of isocyanates is 1. The van der Waals surface area contributed by atoms with Crippen LogP contribution in [0.25, 0.3) is 5.69 Å². The maximum atomic E-state index is 11.5. The van der Waals surface area contributed by atoms with Crippen molar-refractivity contribution in [1.29, 1.82) is 0 Å². The molecule has 0 fully saturated rings. The van der Waals surface area contributed by atoms with E-state index in [1.807, 2.05) is 20.8 Å². The van der Waals surface area contributed by atoms with Crippen molar-refractivity contribution in [2.24, 2.45) is 4.99 Å². The van der Waals surface area contributed by atoms with Crippen LogP contribution in [0.2, 0.25) is 0 Å². The number of aliphatic imine (C=N–C) groups is 1. The normalized spacial score (nSPS) is 12.0. The van der Waals surface area contributed by atoms with Crippen LogP contribution in [0.4, 0.5) is 5.82 Å². The van der Waals surface area contributed by atoms with Crippen molar-refractivity contribution in [3.63, 3.8) is 0 Å². The molecule has 1 aromatic carbocycles. The van der Waals surface area contributed by atoms with Crippen LogP contribution in [0.5, 0.6) is 0 Å². The van der Waals surface area contributed by atoms with E-state index < -0.39 is 9.84 Å². The van der Waals surface area contributed by atoms with Crippen LogP contribution < -0.4 is 0 Å². The Kier molecular flexibility index (Phi) is 4.04. The summed E-state index contributed by atoms with van der Waals surface area (Å²) in [6, 6.07) is 7.96. The summed E-state index contributed by atoms with van der Waals surface area (Å²) in [6.45, 7) is 6.00. The van der Waals surface area contributed by atoms with Gasteiger partial charge in [-0.2, -0.15) is 5.10 Å². The van der Waals surface area contributed by atoms with Crippen molar-refractivity contribution < 1.29 is 13.2 Å². The van der Waals surface area contributed by atoms with Crippen LogP contribution in [0.1, 0.15) is 26.5 Å². The molecule has 0 N–H and O–H groups in total. The molecule has 0 aliphatic rings. The predicted octanol–water partition coefficient (Wildman–Crippen LogP) is 2.54. The molecule has 0 aliphatic carbocycles. The summed E-state index contributed by atoms with van der Waals surface area (Å²) >= 11 is 0. The molecule has 2 aromatic rings. The Balaban J connectivity index is 2.56. The first kappa shape index (κ1) is 16.1. The van der Waals surface area contributed by atoms with Gasteiger partial charge in [-0.3, -0.25) is 0 Å². The first-order valence-electron chi connectivity index (χ1n) is 6.62. The smallest absolute Gasteiger partial charge is 0.224 e. The van der Waals surface area contributed by atoms with Crippen LogP contribution in [0.3, 0.4) is 0 Å². The molecule has 1 heterocycles. The molecule has 0 bridgehead atoms. The minimum absolute atomic E-state index is 0.203. The van der Waals surface area contributed by atoms with Crippen molar-refractivity contribution in [3.8, 4) is 5.69 Å². The Morgan fingerprint density at radius 3 is 2.23 bits per heavy atom. The Morgan fingerprint density at radius 2 is 1.77 bits per heavy atom. The summed E-state index contributed by atoms with van der Waals surface area (Å²) in [4.78, 5) is 14.5. The highest BCUT2D eigenvalue weighted by Crippen LogP contribution is 2.27. The van der Waals surface area contributed by atoms with Gasteiger partial charge in [0.1, 0.15) is 0 Å². The Morgan fingerprint density at radius 1 is 1.18 bits per heavy atom. The lowest BCUT2D eigenvalue weighted by Crippen LogP contribution is -2.12. The highest BCUT2D eigenvalue weighted by Gasteiger charge is 2.20. The Bertz CT molecular complexity index is 837. The van der Waals surface area contributed by atoms with E-state index in [1.54, 1.807) is 18.2 Å². The van der Waals surface area contributed by atoms with Gasteiger partial charge in [0, 0.05) is 17.7 Å². The molecular weight excluding hydrogens is 302 g/mol. The number of benzene rings is 1. The molecule has 0 saturated heterocycles. The van der Waals surface area contributed by atoms with Gasteiger partial charge >= 0.3 is 0 Å². The molecule has 0 saturated carbocycles. The van der Waals surface area contributed by atoms with E-state index in [9.17, 15) is 13.2 Å². The molecule has 1 aromatic heterocycles. The zero-order valence-corrected chi connectivity index (χ0v) is 13.7. The van der Waals surface area contributed by atoms with Crippen LogP contribution in [-0.2, 0) is 20.0 Å². The second kappa shape index (κ2) is 5.51. The van der Waals surface area contributed by atoms with Crippen molar-refractivity contribution in [2.45, 2.75) is 31.1 Å². The number of rotatable bonds is 3. The van der Waals surface area contributed by atoms with Crippen molar-refractivity contribution in [2.75, 3.05) is 6.26 Å². The second-order valence-corrected chi connectivity index (χ2v) is 8.03. The molecule has 0 unspecified atom stereocenters. The van der Waals surface area contributed by atoms with Crippen LogP contribution >= 0.6 is 0 Å². The molecule has 6 nitrogen and oxygen atoms in total. The van der Waals surface area contributed by atoms with E-state index in [0.717, 1.165) is 11.9 Å². The summed E-state index contributed by atoms with van der Waals surface area (Å²) in [5, 5.41) is 4.46. The van der Waals surface area contributed by atoms with E-state index in [-0.39, 0.29) is 10.3 Å². The Hall–Kier alpha value is -2.24. The van der Waals surface area contributed by atoms with Crippen LogP contribution in [0, 0.1) is 0 Å². The number of hydrogen-bond donors (Lipinski definition) is 0. The fourth-order valence-electron chi connectivity index (χ4n) is 1.89. The van der Waals surface area contributed by atoms with E-state index in [1.165, 1.54) is 22.9 Å². The summed E-state index contributed by atoms with van der Waals surface area (Å²) in [7, 11) is -3.26. The average Bonchev–Trinajstić information content (AvgIpc) is 2.82. The van der Waals surface area contributed by atoms with Gasteiger partial charge in [0.05, 0.1) is 16.3 Å². The summed E-state index contributed by atoms with van der Waals surface area (Å²) in [6.07, 6.45) is 2.66. The molecule has 0 aliphatic heterocycles. The number of aromatic nitrogens is 2. The van der Waals surface area contributed by atoms with Crippen molar-refractivity contribution in [1.82, 2.24) is 9.78 Å². The number of sulfone groups is 1. The molecule has 0 atom stereocenters. The summed E-state index contributed by atoms with van der Waals surface area (Å²) in [5.41, 5.74) is 1.19. The third-order valence-electron chi connectivity index (χ3n) is 3.13. The van der Waals surface area contributed by atoms with Crippen molar-refractivity contribution in [3.05, 3.63) is 36.0 Å². The number of carbonyl (C=O) groups excluding carboxylic acids is 1. The fraction of sp³-hybridized carbons (Fsp3) is 0.333. The standard InChI is InChI=1S/C15H17N3O3S/c1-15(2,3)13-9-14(16-10-19)18(17-13)11-5-7-12(8-6-11)22(4,20)21/h5-9H,1-4H3. The molecule has 0 amide bonds. The van der Waals surface area contributed by atoms with Gasteiger partial charge in [-0.1, -0.05) is 20.8 Å². The highest BCUT2D eigenvalue weighted by atomic mass is 32.2. The first-order chi connectivity index (χ1) is 10.1. The first-order valence-corrected chi connectivity index (χ1v) is 8.51. The predicted molar refractivity (Wildman–Crippen MR) is 83.2 cm³/mol. The largest absolute Gasteiger partial charge is 0.242 e. The van der Waals surface area contributed by atoms with Crippen LogP contribution in [-0.4, -0.2) is 30.5 Å². The van der Waals surface area contributed by atoms with Crippen LogP contribution in [0.15, 0.2) is 40.2 Å². The zero-order valence-electron chi connectivity index (χ0n) is 12.9. The second-order valence-electron chi connectivity index (χ2n) is 6.02. The van der Waals surface area contributed by atoms with Gasteiger partial charge in [-0.05, 0) is 24.3 Å². The maximum Gasteiger partial charge on any atom is 0.242 e. The molecule has 0 radical (unpaired) electrons. The molecule has 0 spiro atoms. The van der Waals surface area contributed by atoms with E-state index >= 15 is 0 Å². The third kappa shape index (κ3) is 3.32. The van der Waals surface area contributed by atoms with Gasteiger partial charge in [-0.15, -0.1) is 4.99 Å². The average molecular weight is 319 g/mol. The fourth-order valence-corrected chi connectivity index (χ4v) is 2.52. The lowest BCUT2D eigenvalue weighted by atomic mass is 9.92. The molecular formula is C15H17N3O3S. The summed E-state index contributed by atoms with van der Waals surface area (Å²) in [5.74, 6) is 0.354. The number of nitrogens with zero attached hydrogens (tertiary/aromatic N) is 3. The van der Waals surface area contributed by atoms with Gasteiger partial charge in [0.25, 0.3) is 0 Å². The quantitative estimate of drug-likeness (QED) is 0.643. The lowest BCUT2D eigenvalue weighted by molar-refractivity contribution is 0.560. The molecule has 116 valence electrons. The third-order valence-corrected chi connectivity index (χ3v) is 4.26. The van der Waals surface area contributed by atoms with Gasteiger partial charge < -0.3 is 0 Å².